The Kier molecular flexibility index (Phi) is 4.62. The number of hydrogen-bond donors (Lipinski definition) is 2. The normalized spacial score (nSPS) is 10.5. The van der Waals surface area contributed by atoms with E-state index in [0.717, 1.165) is 0 Å². The molecule has 2 aromatic rings. The van der Waals surface area contributed by atoms with Crippen molar-refractivity contribution in [3.63, 3.8) is 0 Å². The SMILES string of the molecule is NC(=O)COCCNc1ccc2cc([N+](=O)[O-])ccc2n1. The van der Waals surface area contributed by atoms with Crippen molar-refractivity contribution in [2.24, 2.45) is 5.73 Å². The summed E-state index contributed by atoms with van der Waals surface area (Å²) >= 11 is 0. The number of carbonyl (C=O) groups is 1. The average Bonchev–Trinajstić information content (AvgIpc) is 2.45. The van der Waals surface area contributed by atoms with Crippen molar-refractivity contribution < 1.29 is 14.5 Å². The number of nitro groups is 1. The third kappa shape index (κ3) is 4.11. The Morgan fingerprint density at radius 2 is 2.19 bits per heavy atom. The minimum atomic E-state index is -0.513. The smallest absolute Gasteiger partial charge is 0.270 e. The number of aromatic nitrogens is 1. The number of nitrogens with two attached hydrogens (primary N) is 1. The van der Waals surface area contributed by atoms with Crippen molar-refractivity contribution in [1.82, 2.24) is 4.98 Å². The Bertz CT molecular complexity index is 674. The van der Waals surface area contributed by atoms with Crippen LogP contribution in [0.4, 0.5) is 11.5 Å². The van der Waals surface area contributed by atoms with Crippen LogP contribution in [-0.2, 0) is 9.53 Å². The van der Waals surface area contributed by atoms with E-state index in [2.05, 4.69) is 10.3 Å². The monoisotopic (exact) mass is 290 g/mol. The molecule has 8 heteroatoms. The molecule has 0 aliphatic carbocycles. The molecule has 0 radical (unpaired) electrons. The molecular weight excluding hydrogens is 276 g/mol. The molecule has 0 unspecified atom stereocenters. The number of benzene rings is 1. The molecule has 1 heterocycles. The molecule has 0 aliphatic rings. The lowest BCUT2D eigenvalue weighted by atomic mass is 10.2. The van der Waals surface area contributed by atoms with E-state index < -0.39 is 10.8 Å². The van der Waals surface area contributed by atoms with Crippen molar-refractivity contribution in [2.75, 3.05) is 25.1 Å². The molecular formula is C13H14N4O4. The van der Waals surface area contributed by atoms with Crippen LogP contribution in [0.3, 0.4) is 0 Å². The molecule has 1 amide bonds. The number of ether oxygens (including phenoxy) is 1. The molecule has 0 saturated carbocycles. The van der Waals surface area contributed by atoms with E-state index in [1.54, 1.807) is 18.2 Å². The van der Waals surface area contributed by atoms with Crippen LogP contribution in [0, 0.1) is 10.1 Å². The van der Waals surface area contributed by atoms with E-state index in [1.807, 2.05) is 0 Å². The topological polar surface area (TPSA) is 120 Å². The van der Waals surface area contributed by atoms with Gasteiger partial charge in [0.25, 0.3) is 5.69 Å². The Labute approximate surface area is 120 Å². The zero-order chi connectivity index (χ0) is 15.2. The van der Waals surface area contributed by atoms with E-state index in [1.165, 1.54) is 12.1 Å². The van der Waals surface area contributed by atoms with Crippen LogP contribution in [0.25, 0.3) is 10.9 Å². The third-order valence-electron chi connectivity index (χ3n) is 2.68. The zero-order valence-corrected chi connectivity index (χ0v) is 11.1. The van der Waals surface area contributed by atoms with Crippen molar-refractivity contribution in [3.8, 4) is 0 Å². The quantitative estimate of drug-likeness (QED) is 0.447. The highest BCUT2D eigenvalue weighted by molar-refractivity contribution is 5.82. The molecule has 0 atom stereocenters. The number of rotatable bonds is 7. The summed E-state index contributed by atoms with van der Waals surface area (Å²) < 4.78 is 5.01. The highest BCUT2D eigenvalue weighted by Gasteiger charge is 2.07. The predicted molar refractivity (Wildman–Crippen MR) is 76.9 cm³/mol. The van der Waals surface area contributed by atoms with E-state index in [9.17, 15) is 14.9 Å². The molecule has 3 N–H and O–H groups in total. The Morgan fingerprint density at radius 3 is 2.90 bits per heavy atom. The van der Waals surface area contributed by atoms with Gasteiger partial charge in [0.15, 0.2) is 0 Å². The van der Waals surface area contributed by atoms with Crippen molar-refractivity contribution in [3.05, 3.63) is 40.4 Å². The van der Waals surface area contributed by atoms with Gasteiger partial charge < -0.3 is 15.8 Å². The van der Waals surface area contributed by atoms with Gasteiger partial charge in [-0.3, -0.25) is 14.9 Å². The molecule has 0 bridgehead atoms. The summed E-state index contributed by atoms with van der Waals surface area (Å²) in [5.41, 5.74) is 5.63. The van der Waals surface area contributed by atoms with Crippen LogP contribution in [0.2, 0.25) is 0 Å². The summed E-state index contributed by atoms with van der Waals surface area (Å²) in [5, 5.41) is 14.4. The summed E-state index contributed by atoms with van der Waals surface area (Å²) in [4.78, 5) is 25.0. The van der Waals surface area contributed by atoms with Crippen LogP contribution in [0.15, 0.2) is 30.3 Å². The van der Waals surface area contributed by atoms with Crippen LogP contribution in [0.5, 0.6) is 0 Å². The van der Waals surface area contributed by atoms with E-state index >= 15 is 0 Å². The number of nitro benzene ring substituents is 1. The fourth-order valence-corrected chi connectivity index (χ4v) is 1.75. The number of non-ortho nitro benzene ring substituents is 1. The summed E-state index contributed by atoms with van der Waals surface area (Å²) in [7, 11) is 0. The lowest BCUT2D eigenvalue weighted by Gasteiger charge is -2.06. The first-order chi connectivity index (χ1) is 10.1. The van der Waals surface area contributed by atoms with Gasteiger partial charge in [0.1, 0.15) is 12.4 Å². The van der Waals surface area contributed by atoms with Crippen molar-refractivity contribution in [2.45, 2.75) is 0 Å². The minimum Gasteiger partial charge on any atom is -0.370 e. The van der Waals surface area contributed by atoms with E-state index in [0.29, 0.717) is 29.9 Å². The van der Waals surface area contributed by atoms with Gasteiger partial charge in [-0.05, 0) is 18.2 Å². The second kappa shape index (κ2) is 6.62. The maximum Gasteiger partial charge on any atom is 0.270 e. The lowest BCUT2D eigenvalue weighted by molar-refractivity contribution is -0.384. The largest absolute Gasteiger partial charge is 0.370 e. The fourth-order valence-electron chi connectivity index (χ4n) is 1.75. The van der Waals surface area contributed by atoms with Crippen LogP contribution in [0.1, 0.15) is 0 Å². The summed E-state index contributed by atoms with van der Waals surface area (Å²) in [5.74, 6) is 0.111. The average molecular weight is 290 g/mol. The first-order valence-electron chi connectivity index (χ1n) is 6.21. The second-order valence-corrected chi connectivity index (χ2v) is 4.28. The molecule has 0 spiro atoms. The highest BCUT2D eigenvalue weighted by Crippen LogP contribution is 2.20. The number of pyridine rings is 1. The fraction of sp³-hybridized carbons (Fsp3) is 0.231. The number of anilines is 1. The minimum absolute atomic E-state index is 0.0323. The van der Waals surface area contributed by atoms with Crippen LogP contribution in [-0.4, -0.2) is 35.6 Å². The number of fused-ring (bicyclic) bond motifs is 1. The van der Waals surface area contributed by atoms with E-state index in [-0.39, 0.29) is 12.3 Å². The molecule has 1 aromatic carbocycles. The van der Waals surface area contributed by atoms with Gasteiger partial charge in [0, 0.05) is 24.1 Å². The molecule has 0 aliphatic heterocycles. The van der Waals surface area contributed by atoms with Crippen LogP contribution >= 0.6 is 0 Å². The molecule has 0 saturated heterocycles. The summed E-state index contributed by atoms with van der Waals surface area (Å²) in [6, 6.07) is 7.96. The van der Waals surface area contributed by atoms with Crippen molar-refractivity contribution >= 4 is 28.3 Å². The highest BCUT2D eigenvalue weighted by atomic mass is 16.6. The van der Waals surface area contributed by atoms with Gasteiger partial charge in [-0.1, -0.05) is 0 Å². The molecule has 2 rings (SSSR count). The third-order valence-corrected chi connectivity index (χ3v) is 2.68. The van der Waals surface area contributed by atoms with Gasteiger partial charge in [0.05, 0.1) is 17.0 Å². The number of nitrogens with one attached hydrogen (secondary N) is 1. The maximum atomic E-state index is 10.7. The number of hydrogen-bond acceptors (Lipinski definition) is 6. The maximum absolute atomic E-state index is 10.7. The summed E-state index contributed by atoms with van der Waals surface area (Å²) in [6.45, 7) is 0.679. The molecule has 1 aromatic heterocycles. The molecule has 8 nitrogen and oxygen atoms in total. The van der Waals surface area contributed by atoms with Gasteiger partial charge >= 0.3 is 0 Å². The van der Waals surface area contributed by atoms with Crippen LogP contribution < -0.4 is 11.1 Å². The summed E-state index contributed by atoms with van der Waals surface area (Å²) in [6.07, 6.45) is 0. The standard InChI is InChI=1S/C13H14N4O4/c14-12(18)8-21-6-5-15-13-4-1-9-7-10(17(19)20)2-3-11(9)16-13/h1-4,7H,5-6,8H2,(H2,14,18)(H,15,16). The zero-order valence-electron chi connectivity index (χ0n) is 11.1. The van der Waals surface area contributed by atoms with Gasteiger partial charge in [-0.25, -0.2) is 4.98 Å². The van der Waals surface area contributed by atoms with Gasteiger partial charge in [-0.15, -0.1) is 0 Å². The number of amides is 1. The van der Waals surface area contributed by atoms with E-state index in [4.69, 9.17) is 10.5 Å². The molecule has 0 fully saturated rings. The number of carbonyl (C=O) groups excluding carboxylic acids is 1. The number of primary amides is 1. The Hall–Kier alpha value is -2.74. The predicted octanol–water partition coefficient (Wildman–Crippen LogP) is 1.06. The van der Waals surface area contributed by atoms with Gasteiger partial charge in [-0.2, -0.15) is 0 Å². The number of nitrogens with zero attached hydrogens (tertiary/aromatic N) is 2. The molecule has 110 valence electrons. The van der Waals surface area contributed by atoms with Crippen molar-refractivity contribution in [1.29, 1.82) is 0 Å². The first-order valence-corrected chi connectivity index (χ1v) is 6.21. The van der Waals surface area contributed by atoms with Gasteiger partial charge in [0.2, 0.25) is 5.91 Å². The lowest BCUT2D eigenvalue weighted by Crippen LogP contribution is -2.20. The Morgan fingerprint density at radius 1 is 1.38 bits per heavy atom. The Balaban J connectivity index is 1.97. The second-order valence-electron chi connectivity index (χ2n) is 4.28. The molecule has 21 heavy (non-hydrogen) atoms. The first kappa shape index (κ1) is 14.7.